The highest BCUT2D eigenvalue weighted by molar-refractivity contribution is 7.89. The summed E-state index contributed by atoms with van der Waals surface area (Å²) in [5.74, 6) is 0.642. The molecule has 0 bridgehead atoms. The molecule has 140 valence electrons. The van der Waals surface area contributed by atoms with Crippen LogP contribution < -0.4 is 9.46 Å². The van der Waals surface area contributed by atoms with Crippen LogP contribution in [0.4, 0.5) is 0 Å². The van der Waals surface area contributed by atoms with Gasteiger partial charge in [0.2, 0.25) is 10.0 Å². The number of sulfonamides is 1. The van der Waals surface area contributed by atoms with Crippen molar-refractivity contribution in [2.45, 2.75) is 30.2 Å². The van der Waals surface area contributed by atoms with E-state index < -0.39 is 10.0 Å². The van der Waals surface area contributed by atoms with E-state index in [1.807, 2.05) is 18.2 Å². The topological polar surface area (TPSA) is 58.6 Å². The number of rotatable bonds is 8. The van der Waals surface area contributed by atoms with Crippen LogP contribution in [0.2, 0.25) is 0 Å². The van der Waals surface area contributed by atoms with Crippen molar-refractivity contribution >= 4 is 10.0 Å². The average molecular weight is 375 g/mol. The summed E-state index contributed by atoms with van der Waals surface area (Å²) in [6.45, 7) is 2.47. The molecule has 3 rings (SSSR count). The van der Waals surface area contributed by atoms with E-state index in [2.05, 4.69) is 21.8 Å². The Bertz CT molecular complexity index is 786. The van der Waals surface area contributed by atoms with E-state index >= 15 is 0 Å². The highest BCUT2D eigenvalue weighted by atomic mass is 32.2. The van der Waals surface area contributed by atoms with Gasteiger partial charge in [-0.1, -0.05) is 30.3 Å². The molecule has 2 aromatic rings. The molecule has 1 N–H and O–H groups in total. The lowest BCUT2D eigenvalue weighted by atomic mass is 10.1. The first-order valence-corrected chi connectivity index (χ1v) is 10.5. The normalized spacial score (nSPS) is 16.5. The molecule has 6 heteroatoms. The van der Waals surface area contributed by atoms with Crippen molar-refractivity contribution < 1.29 is 13.2 Å². The molecule has 1 unspecified atom stereocenters. The van der Waals surface area contributed by atoms with E-state index in [0.717, 1.165) is 19.5 Å². The number of hydrogen-bond acceptors (Lipinski definition) is 4. The maximum absolute atomic E-state index is 12.6. The van der Waals surface area contributed by atoms with Crippen LogP contribution in [-0.4, -0.2) is 46.1 Å². The van der Waals surface area contributed by atoms with Crippen molar-refractivity contribution in [3.05, 3.63) is 60.2 Å². The summed E-state index contributed by atoms with van der Waals surface area (Å²) in [5.41, 5.74) is 1.23. The Kier molecular flexibility index (Phi) is 6.29. The second-order valence-corrected chi connectivity index (χ2v) is 8.38. The molecule has 1 aliphatic heterocycles. The predicted octanol–water partition coefficient (Wildman–Crippen LogP) is 2.68. The number of ether oxygens (including phenoxy) is 1. The van der Waals surface area contributed by atoms with Gasteiger partial charge in [-0.05, 0) is 62.2 Å². The summed E-state index contributed by atoms with van der Waals surface area (Å²) in [7, 11) is -1.97. The summed E-state index contributed by atoms with van der Waals surface area (Å²) in [5, 5.41) is 0. The van der Waals surface area contributed by atoms with Crippen molar-refractivity contribution in [3.63, 3.8) is 0 Å². The van der Waals surface area contributed by atoms with Crippen molar-refractivity contribution in [1.29, 1.82) is 0 Å². The molecular weight excluding hydrogens is 348 g/mol. The van der Waals surface area contributed by atoms with Gasteiger partial charge in [0.25, 0.3) is 0 Å². The first-order valence-electron chi connectivity index (χ1n) is 9.00. The van der Waals surface area contributed by atoms with Gasteiger partial charge in [0.1, 0.15) is 5.75 Å². The van der Waals surface area contributed by atoms with Gasteiger partial charge >= 0.3 is 0 Å². The lowest BCUT2D eigenvalue weighted by Gasteiger charge is -2.28. The van der Waals surface area contributed by atoms with Crippen LogP contribution in [0, 0.1) is 0 Å². The quantitative estimate of drug-likeness (QED) is 0.772. The van der Waals surface area contributed by atoms with Gasteiger partial charge in [0, 0.05) is 12.6 Å². The van der Waals surface area contributed by atoms with Gasteiger partial charge < -0.3 is 4.74 Å². The van der Waals surface area contributed by atoms with Gasteiger partial charge in [-0.25, -0.2) is 13.1 Å². The fourth-order valence-electron chi connectivity index (χ4n) is 3.37. The number of hydrogen-bond donors (Lipinski definition) is 1. The average Bonchev–Trinajstić information content (AvgIpc) is 3.20. The Hall–Kier alpha value is -1.89. The zero-order valence-corrected chi connectivity index (χ0v) is 15.9. The van der Waals surface area contributed by atoms with Crippen LogP contribution in [0.1, 0.15) is 18.4 Å². The molecule has 0 saturated carbocycles. The monoisotopic (exact) mass is 374 g/mol. The largest absolute Gasteiger partial charge is 0.497 e. The predicted molar refractivity (Wildman–Crippen MR) is 103 cm³/mol. The molecule has 0 radical (unpaired) electrons. The summed E-state index contributed by atoms with van der Waals surface area (Å²) < 4.78 is 33.2. The SMILES string of the molecule is COc1ccc(S(=O)(=O)NCC(Cc2ccccc2)N2CCCC2)cc1. The fourth-order valence-corrected chi connectivity index (χ4v) is 4.44. The summed E-state index contributed by atoms with van der Waals surface area (Å²) >= 11 is 0. The molecule has 1 aliphatic rings. The van der Waals surface area contributed by atoms with E-state index in [4.69, 9.17) is 4.74 Å². The third-order valence-corrected chi connectivity index (χ3v) is 6.29. The minimum atomic E-state index is -3.53. The first-order chi connectivity index (χ1) is 12.6. The van der Waals surface area contributed by atoms with Crippen molar-refractivity contribution in [2.75, 3.05) is 26.7 Å². The maximum Gasteiger partial charge on any atom is 0.240 e. The molecule has 0 spiro atoms. The van der Waals surface area contributed by atoms with Crippen LogP contribution in [0.25, 0.3) is 0 Å². The van der Waals surface area contributed by atoms with Crippen LogP contribution in [-0.2, 0) is 16.4 Å². The van der Waals surface area contributed by atoms with Crippen LogP contribution in [0.15, 0.2) is 59.5 Å². The van der Waals surface area contributed by atoms with E-state index in [9.17, 15) is 8.42 Å². The van der Waals surface area contributed by atoms with E-state index in [0.29, 0.717) is 12.3 Å². The number of methoxy groups -OCH3 is 1. The zero-order valence-electron chi connectivity index (χ0n) is 15.1. The molecule has 2 aromatic carbocycles. The van der Waals surface area contributed by atoms with Gasteiger partial charge in [0.05, 0.1) is 12.0 Å². The minimum absolute atomic E-state index is 0.160. The smallest absolute Gasteiger partial charge is 0.240 e. The van der Waals surface area contributed by atoms with Crippen LogP contribution in [0.5, 0.6) is 5.75 Å². The molecule has 1 fully saturated rings. The molecule has 1 atom stereocenters. The van der Waals surface area contributed by atoms with Crippen molar-refractivity contribution in [3.8, 4) is 5.75 Å². The summed E-state index contributed by atoms with van der Waals surface area (Å²) in [6.07, 6.45) is 3.19. The van der Waals surface area contributed by atoms with E-state index in [-0.39, 0.29) is 10.9 Å². The van der Waals surface area contributed by atoms with Gasteiger partial charge in [-0.2, -0.15) is 0 Å². The van der Waals surface area contributed by atoms with E-state index in [1.54, 1.807) is 31.4 Å². The standard InChI is InChI=1S/C20H26N2O3S/c1-25-19-9-11-20(12-10-19)26(23,24)21-16-18(22-13-5-6-14-22)15-17-7-3-2-4-8-17/h2-4,7-12,18,21H,5-6,13-16H2,1H3. The molecule has 0 aliphatic carbocycles. The molecule has 0 aromatic heterocycles. The zero-order chi connectivity index (χ0) is 18.4. The van der Waals surface area contributed by atoms with E-state index in [1.165, 1.54) is 18.4 Å². The first kappa shape index (κ1) is 18.9. The molecule has 1 heterocycles. The Balaban J connectivity index is 1.69. The molecule has 5 nitrogen and oxygen atoms in total. The highest BCUT2D eigenvalue weighted by Gasteiger charge is 2.24. The van der Waals surface area contributed by atoms with Gasteiger partial charge in [-0.15, -0.1) is 0 Å². The molecular formula is C20H26N2O3S. The second kappa shape index (κ2) is 8.66. The Labute approximate surface area is 156 Å². The van der Waals surface area contributed by atoms with Gasteiger partial charge in [-0.3, -0.25) is 4.90 Å². The number of benzene rings is 2. The van der Waals surface area contributed by atoms with Crippen molar-refractivity contribution in [1.82, 2.24) is 9.62 Å². The molecule has 1 saturated heterocycles. The minimum Gasteiger partial charge on any atom is -0.497 e. The van der Waals surface area contributed by atoms with Gasteiger partial charge in [0.15, 0.2) is 0 Å². The Morgan fingerprint density at radius 2 is 1.69 bits per heavy atom. The van der Waals surface area contributed by atoms with Crippen LogP contribution in [0.3, 0.4) is 0 Å². The third kappa shape index (κ3) is 4.84. The number of likely N-dealkylation sites (tertiary alicyclic amines) is 1. The summed E-state index contributed by atoms with van der Waals surface area (Å²) in [6, 6.07) is 16.9. The highest BCUT2D eigenvalue weighted by Crippen LogP contribution is 2.18. The summed E-state index contributed by atoms with van der Waals surface area (Å²) in [4.78, 5) is 2.65. The lowest BCUT2D eigenvalue weighted by molar-refractivity contribution is 0.241. The van der Waals surface area contributed by atoms with Crippen molar-refractivity contribution in [2.24, 2.45) is 0 Å². The lowest BCUT2D eigenvalue weighted by Crippen LogP contribution is -2.43. The van der Waals surface area contributed by atoms with Crippen LogP contribution >= 0.6 is 0 Å². The second-order valence-electron chi connectivity index (χ2n) is 6.61. The molecule has 0 amide bonds. The number of nitrogens with zero attached hydrogens (tertiary/aromatic N) is 1. The Morgan fingerprint density at radius 3 is 2.31 bits per heavy atom. The fraction of sp³-hybridized carbons (Fsp3) is 0.400. The molecule has 26 heavy (non-hydrogen) atoms. The third-order valence-electron chi connectivity index (χ3n) is 4.85. The Morgan fingerprint density at radius 1 is 1.04 bits per heavy atom. The maximum atomic E-state index is 12.6. The number of nitrogens with one attached hydrogen (secondary N) is 1.